The summed E-state index contributed by atoms with van der Waals surface area (Å²) in [7, 11) is 0. The molecule has 0 aliphatic rings. The van der Waals surface area contributed by atoms with Crippen molar-refractivity contribution in [3.05, 3.63) is 58.6 Å². The fourth-order valence-corrected chi connectivity index (χ4v) is 1.82. The Balaban J connectivity index is 1.94. The molecule has 0 fully saturated rings. The summed E-state index contributed by atoms with van der Waals surface area (Å²) in [6.07, 6.45) is 0. The average molecular weight is 323 g/mol. The molecule has 0 unspecified atom stereocenters. The zero-order chi connectivity index (χ0) is 16.1. The van der Waals surface area contributed by atoms with E-state index in [-0.39, 0.29) is 22.9 Å². The normalized spacial score (nSPS) is 9.91. The van der Waals surface area contributed by atoms with E-state index in [1.54, 1.807) is 0 Å². The number of hydrogen-bond donors (Lipinski definition) is 1. The van der Waals surface area contributed by atoms with Crippen LogP contribution in [-0.4, -0.2) is 12.5 Å². The van der Waals surface area contributed by atoms with Gasteiger partial charge in [-0.2, -0.15) is 5.26 Å². The number of ether oxygens (including phenoxy) is 1. The monoisotopic (exact) mass is 322 g/mol. The van der Waals surface area contributed by atoms with Crippen LogP contribution in [0.1, 0.15) is 5.56 Å². The molecule has 0 heterocycles. The lowest BCUT2D eigenvalue weighted by molar-refractivity contribution is -0.118. The predicted octanol–water partition coefficient (Wildman–Crippen LogP) is 3.51. The zero-order valence-electron chi connectivity index (χ0n) is 11.1. The quantitative estimate of drug-likeness (QED) is 0.937. The molecule has 1 N–H and O–H groups in total. The van der Waals surface area contributed by atoms with E-state index < -0.39 is 17.5 Å². The molecule has 22 heavy (non-hydrogen) atoms. The molecule has 7 heteroatoms. The lowest BCUT2D eigenvalue weighted by Crippen LogP contribution is -2.20. The fourth-order valence-electron chi connectivity index (χ4n) is 1.60. The summed E-state index contributed by atoms with van der Waals surface area (Å²) in [5, 5.41) is 11.5. The summed E-state index contributed by atoms with van der Waals surface area (Å²) in [4.78, 5) is 11.7. The molecule has 2 aromatic rings. The molecule has 2 aromatic carbocycles. The number of nitrogens with zero attached hydrogens (tertiary/aromatic N) is 1. The van der Waals surface area contributed by atoms with Crippen LogP contribution < -0.4 is 10.1 Å². The van der Waals surface area contributed by atoms with Crippen LogP contribution in [0.5, 0.6) is 5.75 Å². The van der Waals surface area contributed by atoms with E-state index in [1.165, 1.54) is 24.3 Å². The molecular weight excluding hydrogens is 314 g/mol. The molecule has 1 amide bonds. The Bertz CT molecular complexity index is 760. The van der Waals surface area contributed by atoms with Gasteiger partial charge < -0.3 is 10.1 Å². The highest BCUT2D eigenvalue weighted by Gasteiger charge is 2.08. The molecule has 0 atom stereocenters. The minimum absolute atomic E-state index is 0.0342. The Hall–Kier alpha value is -2.65. The zero-order valence-corrected chi connectivity index (χ0v) is 11.8. The Morgan fingerprint density at radius 1 is 1.23 bits per heavy atom. The van der Waals surface area contributed by atoms with Crippen LogP contribution in [0.3, 0.4) is 0 Å². The second-order valence-electron chi connectivity index (χ2n) is 4.22. The molecule has 0 radical (unpaired) electrons. The van der Waals surface area contributed by atoms with Gasteiger partial charge in [-0.15, -0.1) is 0 Å². The first-order valence-electron chi connectivity index (χ1n) is 6.07. The molecule has 0 saturated heterocycles. The smallest absolute Gasteiger partial charge is 0.262 e. The van der Waals surface area contributed by atoms with Gasteiger partial charge in [-0.05, 0) is 30.3 Å². The van der Waals surface area contributed by atoms with Crippen molar-refractivity contribution in [2.45, 2.75) is 0 Å². The van der Waals surface area contributed by atoms with E-state index >= 15 is 0 Å². The number of benzene rings is 2. The first kappa shape index (κ1) is 15.7. The Kier molecular flexibility index (Phi) is 4.92. The summed E-state index contributed by atoms with van der Waals surface area (Å²) < 4.78 is 30.8. The maximum Gasteiger partial charge on any atom is 0.262 e. The molecule has 0 aliphatic carbocycles. The van der Waals surface area contributed by atoms with E-state index in [2.05, 4.69) is 5.32 Å². The number of halogens is 3. The van der Waals surface area contributed by atoms with Crippen molar-refractivity contribution in [3.63, 3.8) is 0 Å². The Labute approximate surface area is 129 Å². The topological polar surface area (TPSA) is 62.1 Å². The van der Waals surface area contributed by atoms with Gasteiger partial charge in [-0.25, -0.2) is 8.78 Å². The maximum atomic E-state index is 13.0. The average Bonchev–Trinajstić information content (AvgIpc) is 2.49. The van der Waals surface area contributed by atoms with Gasteiger partial charge in [0.25, 0.3) is 5.91 Å². The van der Waals surface area contributed by atoms with Crippen LogP contribution in [0.4, 0.5) is 14.5 Å². The highest BCUT2D eigenvalue weighted by Crippen LogP contribution is 2.20. The summed E-state index contributed by atoms with van der Waals surface area (Å²) in [5.41, 5.74) is 0.681. The van der Waals surface area contributed by atoms with Gasteiger partial charge >= 0.3 is 0 Å². The second kappa shape index (κ2) is 6.87. The van der Waals surface area contributed by atoms with Crippen LogP contribution in [0, 0.1) is 23.0 Å². The Morgan fingerprint density at radius 3 is 2.64 bits per heavy atom. The van der Waals surface area contributed by atoms with Crippen molar-refractivity contribution in [1.82, 2.24) is 0 Å². The van der Waals surface area contributed by atoms with Crippen LogP contribution in [0.15, 0.2) is 36.4 Å². The first-order chi connectivity index (χ1) is 10.5. The highest BCUT2D eigenvalue weighted by atomic mass is 35.5. The van der Waals surface area contributed by atoms with Crippen molar-refractivity contribution in [3.8, 4) is 11.8 Å². The van der Waals surface area contributed by atoms with Crippen LogP contribution in [-0.2, 0) is 4.79 Å². The number of hydrogen-bond acceptors (Lipinski definition) is 3. The van der Waals surface area contributed by atoms with Crippen LogP contribution >= 0.6 is 11.6 Å². The number of amides is 1. The highest BCUT2D eigenvalue weighted by molar-refractivity contribution is 6.32. The van der Waals surface area contributed by atoms with Gasteiger partial charge in [0.15, 0.2) is 18.2 Å². The molecular formula is C15H9ClF2N2O2. The van der Waals surface area contributed by atoms with E-state index in [4.69, 9.17) is 21.6 Å². The molecule has 0 aliphatic heterocycles. The van der Waals surface area contributed by atoms with Crippen molar-refractivity contribution < 1.29 is 18.3 Å². The number of rotatable bonds is 4. The number of anilines is 1. The SMILES string of the molecule is N#Cc1ccc(NC(=O)COc2ccc(F)c(F)c2)cc1Cl. The van der Waals surface area contributed by atoms with E-state index in [9.17, 15) is 13.6 Å². The van der Waals surface area contributed by atoms with Gasteiger partial charge in [-0.3, -0.25) is 4.79 Å². The predicted molar refractivity (Wildman–Crippen MR) is 76.6 cm³/mol. The Morgan fingerprint density at radius 2 is 2.00 bits per heavy atom. The molecule has 112 valence electrons. The van der Waals surface area contributed by atoms with E-state index in [0.717, 1.165) is 12.1 Å². The second-order valence-corrected chi connectivity index (χ2v) is 4.63. The third-order valence-electron chi connectivity index (χ3n) is 2.63. The largest absolute Gasteiger partial charge is 0.484 e. The third-order valence-corrected chi connectivity index (χ3v) is 2.95. The van der Waals surface area contributed by atoms with Crippen molar-refractivity contribution in [1.29, 1.82) is 5.26 Å². The summed E-state index contributed by atoms with van der Waals surface area (Å²) >= 11 is 5.84. The standard InChI is InChI=1S/C15H9ClF2N2O2/c16-12-5-10(2-1-9(12)7-19)20-15(21)8-22-11-3-4-13(17)14(18)6-11/h1-6H,8H2,(H,20,21). The van der Waals surface area contributed by atoms with Gasteiger partial charge in [0, 0.05) is 11.8 Å². The van der Waals surface area contributed by atoms with E-state index in [1.807, 2.05) is 6.07 Å². The van der Waals surface area contributed by atoms with Gasteiger partial charge in [0.1, 0.15) is 11.8 Å². The van der Waals surface area contributed by atoms with E-state index in [0.29, 0.717) is 5.69 Å². The first-order valence-corrected chi connectivity index (χ1v) is 6.45. The van der Waals surface area contributed by atoms with Crippen molar-refractivity contribution in [2.24, 2.45) is 0 Å². The lowest BCUT2D eigenvalue weighted by Gasteiger charge is -2.08. The summed E-state index contributed by atoms with van der Waals surface area (Å²) in [6, 6.07) is 9.27. The van der Waals surface area contributed by atoms with Crippen LogP contribution in [0.2, 0.25) is 5.02 Å². The molecule has 0 saturated carbocycles. The number of nitriles is 1. The molecule has 2 rings (SSSR count). The minimum Gasteiger partial charge on any atom is -0.484 e. The van der Waals surface area contributed by atoms with Crippen molar-refractivity contribution >= 4 is 23.2 Å². The maximum absolute atomic E-state index is 13.0. The molecule has 0 bridgehead atoms. The summed E-state index contributed by atoms with van der Waals surface area (Å²) in [6.45, 7) is -0.386. The summed E-state index contributed by atoms with van der Waals surface area (Å²) in [5.74, 6) is -2.53. The van der Waals surface area contributed by atoms with Crippen LogP contribution in [0.25, 0.3) is 0 Å². The molecule has 0 spiro atoms. The minimum atomic E-state index is -1.06. The van der Waals surface area contributed by atoms with Crippen molar-refractivity contribution in [2.75, 3.05) is 11.9 Å². The molecule has 4 nitrogen and oxygen atoms in total. The lowest BCUT2D eigenvalue weighted by atomic mass is 10.2. The van der Waals surface area contributed by atoms with Gasteiger partial charge in [-0.1, -0.05) is 11.6 Å². The third kappa shape index (κ3) is 3.93. The fraction of sp³-hybridized carbons (Fsp3) is 0.0667. The number of nitrogens with one attached hydrogen (secondary N) is 1. The number of carbonyl (C=O) groups is 1. The molecule has 0 aromatic heterocycles. The number of carbonyl (C=O) groups excluding carboxylic acids is 1. The van der Waals surface area contributed by atoms with Gasteiger partial charge in [0.05, 0.1) is 10.6 Å². The van der Waals surface area contributed by atoms with Gasteiger partial charge in [0.2, 0.25) is 0 Å².